The monoisotopic (exact) mass is 261 g/mol. The predicted octanol–water partition coefficient (Wildman–Crippen LogP) is 3.36. The molecule has 20 heavy (non-hydrogen) atoms. The van der Waals surface area contributed by atoms with Gasteiger partial charge in [0.25, 0.3) is 0 Å². The zero-order valence-electron chi connectivity index (χ0n) is 10.2. The second-order valence-electron chi connectivity index (χ2n) is 3.94. The third-order valence-electron chi connectivity index (χ3n) is 2.74. The summed E-state index contributed by atoms with van der Waals surface area (Å²) in [6, 6.07) is 14.3. The lowest BCUT2D eigenvalue weighted by Gasteiger charge is -2.04. The van der Waals surface area contributed by atoms with E-state index in [9.17, 15) is 0 Å². The van der Waals surface area contributed by atoms with E-state index in [2.05, 4.69) is 4.98 Å². The van der Waals surface area contributed by atoms with Crippen LogP contribution in [0.4, 0.5) is 0 Å². The van der Waals surface area contributed by atoms with Crippen LogP contribution in [0.5, 0.6) is 11.6 Å². The molecular weight excluding hydrogens is 254 g/mol. The summed E-state index contributed by atoms with van der Waals surface area (Å²) in [5.41, 5.74) is 0.843. The molecule has 5 heteroatoms. The second-order valence-corrected chi connectivity index (χ2v) is 3.94. The number of furan rings is 1. The van der Waals surface area contributed by atoms with Crippen molar-refractivity contribution in [3.63, 3.8) is 0 Å². The van der Waals surface area contributed by atoms with Crippen molar-refractivity contribution in [1.29, 1.82) is 10.5 Å². The van der Waals surface area contributed by atoms with E-state index < -0.39 is 0 Å². The molecule has 0 saturated carbocycles. The summed E-state index contributed by atoms with van der Waals surface area (Å²) in [6.07, 6.45) is 1.52. The first-order chi connectivity index (χ1) is 9.83. The van der Waals surface area contributed by atoms with Crippen molar-refractivity contribution in [3.05, 3.63) is 53.9 Å². The number of rotatable bonds is 2. The maximum atomic E-state index is 9.11. The summed E-state index contributed by atoms with van der Waals surface area (Å²) in [7, 11) is 0. The van der Waals surface area contributed by atoms with E-state index in [0.717, 1.165) is 0 Å². The molecule has 0 radical (unpaired) electrons. The highest BCUT2D eigenvalue weighted by Crippen LogP contribution is 2.35. The van der Waals surface area contributed by atoms with Crippen molar-refractivity contribution in [2.75, 3.05) is 0 Å². The average Bonchev–Trinajstić information content (AvgIpc) is 2.86. The van der Waals surface area contributed by atoms with Crippen LogP contribution >= 0.6 is 0 Å². The van der Waals surface area contributed by atoms with Crippen molar-refractivity contribution in [2.45, 2.75) is 0 Å². The highest BCUT2D eigenvalue weighted by Gasteiger charge is 2.17. The molecule has 0 aliphatic heterocycles. The van der Waals surface area contributed by atoms with Gasteiger partial charge in [0.05, 0.1) is 5.39 Å². The molecule has 0 fully saturated rings. The van der Waals surface area contributed by atoms with Crippen molar-refractivity contribution in [2.24, 2.45) is 0 Å². The van der Waals surface area contributed by atoms with E-state index in [1.54, 1.807) is 30.3 Å². The summed E-state index contributed by atoms with van der Waals surface area (Å²) in [5.74, 6) is 0.483. The molecule has 0 saturated heterocycles. The van der Waals surface area contributed by atoms with Crippen LogP contribution in [0.1, 0.15) is 11.3 Å². The minimum Gasteiger partial charge on any atom is -0.442 e. The minimum absolute atomic E-state index is 0.0562. The van der Waals surface area contributed by atoms with Crippen LogP contribution in [0.15, 0.2) is 47.0 Å². The molecule has 0 bridgehead atoms. The quantitative estimate of drug-likeness (QED) is 0.706. The van der Waals surface area contributed by atoms with Gasteiger partial charge in [0.1, 0.15) is 23.3 Å². The summed E-state index contributed by atoms with van der Waals surface area (Å²) in [5, 5.41) is 18.8. The maximum Gasteiger partial charge on any atom is 0.247 e. The molecule has 2 heterocycles. The topological polar surface area (TPSA) is 82.8 Å². The zero-order valence-corrected chi connectivity index (χ0v) is 10.2. The molecule has 0 atom stereocenters. The fourth-order valence-electron chi connectivity index (χ4n) is 1.85. The zero-order chi connectivity index (χ0) is 13.9. The standard InChI is InChI=1S/C15H7N3O2/c16-8-10-4-3-7-18-15(10)20-14-11-5-1-2-6-12(11)19-13(14)9-17/h1-7H. The lowest BCUT2D eigenvalue weighted by molar-refractivity contribution is 0.449. The van der Waals surface area contributed by atoms with Crippen LogP contribution in [0.2, 0.25) is 0 Å². The molecule has 5 nitrogen and oxygen atoms in total. The largest absolute Gasteiger partial charge is 0.442 e. The number of nitriles is 2. The van der Waals surface area contributed by atoms with Gasteiger partial charge in [0.15, 0.2) is 5.75 Å². The van der Waals surface area contributed by atoms with Crippen LogP contribution < -0.4 is 4.74 Å². The van der Waals surface area contributed by atoms with Gasteiger partial charge in [0, 0.05) is 6.20 Å². The number of nitrogens with zero attached hydrogens (tertiary/aromatic N) is 3. The number of ether oxygens (including phenoxy) is 1. The van der Waals surface area contributed by atoms with Crippen LogP contribution in [0, 0.1) is 22.7 Å². The fourth-order valence-corrected chi connectivity index (χ4v) is 1.85. The molecule has 0 amide bonds. The Kier molecular flexibility index (Phi) is 2.80. The molecule has 2 aromatic heterocycles. The van der Waals surface area contributed by atoms with Gasteiger partial charge in [-0.15, -0.1) is 0 Å². The summed E-state index contributed by atoms with van der Waals surface area (Å²) < 4.78 is 11.0. The Morgan fingerprint density at radius 2 is 1.90 bits per heavy atom. The third-order valence-corrected chi connectivity index (χ3v) is 2.74. The first kappa shape index (κ1) is 11.8. The van der Waals surface area contributed by atoms with Crippen molar-refractivity contribution in [1.82, 2.24) is 4.98 Å². The number of hydrogen-bond acceptors (Lipinski definition) is 5. The molecule has 0 aliphatic rings. The lowest BCUT2D eigenvalue weighted by atomic mass is 10.2. The Hall–Kier alpha value is -3.31. The Morgan fingerprint density at radius 3 is 2.70 bits per heavy atom. The molecule has 3 aromatic rings. The number of benzene rings is 1. The SMILES string of the molecule is N#Cc1cccnc1Oc1c(C#N)oc2ccccc12. The Labute approximate surface area is 114 Å². The van der Waals surface area contributed by atoms with E-state index in [0.29, 0.717) is 16.5 Å². The number of pyridine rings is 1. The van der Waals surface area contributed by atoms with E-state index >= 15 is 0 Å². The molecule has 0 N–H and O–H groups in total. The number of fused-ring (bicyclic) bond motifs is 1. The summed E-state index contributed by atoms with van der Waals surface area (Å²) in [4.78, 5) is 4.01. The molecule has 0 spiro atoms. The van der Waals surface area contributed by atoms with E-state index in [-0.39, 0.29) is 17.4 Å². The average molecular weight is 261 g/mol. The Balaban J connectivity index is 2.16. The Morgan fingerprint density at radius 1 is 1.05 bits per heavy atom. The first-order valence-corrected chi connectivity index (χ1v) is 5.78. The van der Waals surface area contributed by atoms with E-state index in [1.807, 2.05) is 18.2 Å². The van der Waals surface area contributed by atoms with Gasteiger partial charge in [-0.05, 0) is 24.3 Å². The van der Waals surface area contributed by atoms with Gasteiger partial charge in [-0.3, -0.25) is 0 Å². The van der Waals surface area contributed by atoms with Crippen LogP contribution in [0.3, 0.4) is 0 Å². The van der Waals surface area contributed by atoms with Crippen molar-refractivity contribution < 1.29 is 9.15 Å². The maximum absolute atomic E-state index is 9.11. The highest BCUT2D eigenvalue weighted by molar-refractivity contribution is 5.86. The number of aromatic nitrogens is 1. The smallest absolute Gasteiger partial charge is 0.247 e. The van der Waals surface area contributed by atoms with Gasteiger partial charge in [-0.2, -0.15) is 10.5 Å². The normalized spacial score (nSPS) is 9.90. The van der Waals surface area contributed by atoms with Crippen LogP contribution in [-0.4, -0.2) is 4.98 Å². The first-order valence-electron chi connectivity index (χ1n) is 5.78. The molecule has 94 valence electrons. The van der Waals surface area contributed by atoms with Gasteiger partial charge in [0.2, 0.25) is 11.6 Å². The summed E-state index contributed by atoms with van der Waals surface area (Å²) in [6.45, 7) is 0. The minimum atomic E-state index is 0.0562. The van der Waals surface area contributed by atoms with E-state index in [1.165, 1.54) is 6.20 Å². The van der Waals surface area contributed by atoms with Crippen molar-refractivity contribution >= 4 is 11.0 Å². The Bertz CT molecular complexity index is 869. The van der Waals surface area contributed by atoms with E-state index in [4.69, 9.17) is 19.7 Å². The van der Waals surface area contributed by atoms with Gasteiger partial charge < -0.3 is 9.15 Å². The molecule has 0 unspecified atom stereocenters. The van der Waals surface area contributed by atoms with Gasteiger partial charge in [-0.25, -0.2) is 4.98 Å². The molecule has 0 aliphatic carbocycles. The fraction of sp³-hybridized carbons (Fsp3) is 0. The van der Waals surface area contributed by atoms with Crippen LogP contribution in [-0.2, 0) is 0 Å². The molecular formula is C15H7N3O2. The van der Waals surface area contributed by atoms with Gasteiger partial charge >= 0.3 is 0 Å². The highest BCUT2D eigenvalue weighted by atomic mass is 16.5. The molecule has 1 aromatic carbocycles. The van der Waals surface area contributed by atoms with Crippen molar-refractivity contribution in [3.8, 4) is 23.8 Å². The van der Waals surface area contributed by atoms with Gasteiger partial charge in [-0.1, -0.05) is 12.1 Å². The summed E-state index contributed by atoms with van der Waals surface area (Å²) >= 11 is 0. The number of para-hydroxylation sites is 1. The van der Waals surface area contributed by atoms with Crippen LogP contribution in [0.25, 0.3) is 11.0 Å². The molecule has 3 rings (SSSR count). The number of hydrogen-bond donors (Lipinski definition) is 0. The second kappa shape index (κ2) is 4.75. The lowest BCUT2D eigenvalue weighted by Crippen LogP contribution is -1.91. The predicted molar refractivity (Wildman–Crippen MR) is 70.0 cm³/mol. The third kappa shape index (κ3) is 1.84.